The van der Waals surface area contributed by atoms with Gasteiger partial charge in [0.1, 0.15) is 0 Å². The van der Waals surface area contributed by atoms with Gasteiger partial charge in [-0.05, 0) is 19.3 Å². The Bertz CT molecular complexity index is 205. The molecule has 1 amide bonds. The second-order valence-corrected chi connectivity index (χ2v) is 4.44. The molecule has 0 aromatic heterocycles. The van der Waals surface area contributed by atoms with Gasteiger partial charge in [-0.15, -0.1) is 0 Å². The fraction of sp³-hybridized carbons (Fsp3) is 0.909. The Kier molecular flexibility index (Phi) is 3.93. The van der Waals surface area contributed by atoms with Gasteiger partial charge in [0.2, 0.25) is 5.91 Å². The van der Waals surface area contributed by atoms with Crippen molar-refractivity contribution in [1.29, 1.82) is 0 Å². The molecule has 1 heterocycles. The zero-order chi connectivity index (χ0) is 10.7. The first-order valence-electron chi connectivity index (χ1n) is 5.57. The molecule has 1 rings (SSSR count). The molecule has 0 radical (unpaired) electrons. The maximum absolute atomic E-state index is 11.6. The quantitative estimate of drug-likeness (QED) is 0.737. The summed E-state index contributed by atoms with van der Waals surface area (Å²) in [5, 5.41) is 3.42. The van der Waals surface area contributed by atoms with E-state index >= 15 is 0 Å². The number of carbonyl (C=O) groups excluding carboxylic acids is 1. The molecule has 0 aromatic carbocycles. The summed E-state index contributed by atoms with van der Waals surface area (Å²) >= 11 is 0. The molecule has 0 bridgehead atoms. The molecule has 1 aliphatic heterocycles. The van der Waals surface area contributed by atoms with Crippen LogP contribution < -0.4 is 5.32 Å². The van der Waals surface area contributed by atoms with Crippen molar-refractivity contribution < 1.29 is 4.79 Å². The van der Waals surface area contributed by atoms with Crippen molar-refractivity contribution in [2.45, 2.75) is 45.7 Å². The molecule has 1 N–H and O–H groups in total. The average Bonchev–Trinajstić information content (AvgIpc) is 2.48. The summed E-state index contributed by atoms with van der Waals surface area (Å²) in [6.07, 6.45) is 2.11. The van der Waals surface area contributed by atoms with Gasteiger partial charge in [0.05, 0.1) is 6.04 Å². The molecule has 1 fully saturated rings. The minimum absolute atomic E-state index is 0.0593. The van der Waals surface area contributed by atoms with Gasteiger partial charge in [0, 0.05) is 19.6 Å². The topological polar surface area (TPSA) is 32.3 Å². The maximum atomic E-state index is 11.6. The van der Waals surface area contributed by atoms with Gasteiger partial charge >= 0.3 is 0 Å². The molecule has 3 atom stereocenters. The summed E-state index contributed by atoms with van der Waals surface area (Å²) in [5.41, 5.74) is 0. The third-order valence-corrected chi connectivity index (χ3v) is 3.39. The van der Waals surface area contributed by atoms with Crippen molar-refractivity contribution >= 4 is 5.91 Å². The van der Waals surface area contributed by atoms with E-state index in [9.17, 15) is 4.79 Å². The monoisotopic (exact) mass is 198 g/mol. The van der Waals surface area contributed by atoms with Crippen LogP contribution in [0.2, 0.25) is 0 Å². The fourth-order valence-corrected chi connectivity index (χ4v) is 1.81. The largest absolute Gasteiger partial charge is 0.344 e. The van der Waals surface area contributed by atoms with Gasteiger partial charge in [-0.1, -0.05) is 20.3 Å². The Labute approximate surface area is 86.9 Å². The van der Waals surface area contributed by atoms with E-state index in [0.29, 0.717) is 12.0 Å². The number of amides is 1. The molecule has 0 saturated carbocycles. The van der Waals surface area contributed by atoms with Crippen LogP contribution in [0.25, 0.3) is 0 Å². The number of likely N-dealkylation sites (tertiary alicyclic amines) is 1. The summed E-state index contributed by atoms with van der Waals surface area (Å²) < 4.78 is 0. The van der Waals surface area contributed by atoms with E-state index in [-0.39, 0.29) is 11.9 Å². The summed E-state index contributed by atoms with van der Waals surface area (Å²) in [4.78, 5) is 13.4. The molecule has 1 saturated heterocycles. The van der Waals surface area contributed by atoms with Crippen LogP contribution in [0, 0.1) is 5.92 Å². The number of hydrogen-bond acceptors (Lipinski definition) is 2. The van der Waals surface area contributed by atoms with Crippen LogP contribution in [0.15, 0.2) is 0 Å². The molecular formula is C11H22N2O. The standard InChI is InChI=1S/C11H22N2O/c1-5-8(2)9(3)12-10-6-7-13(4)11(10)14/h8-10,12H,5-7H2,1-4H3. The fourth-order valence-electron chi connectivity index (χ4n) is 1.81. The van der Waals surface area contributed by atoms with Crippen molar-refractivity contribution in [2.75, 3.05) is 13.6 Å². The van der Waals surface area contributed by atoms with E-state index in [2.05, 4.69) is 26.1 Å². The molecule has 3 nitrogen and oxygen atoms in total. The first-order chi connectivity index (χ1) is 6.56. The van der Waals surface area contributed by atoms with Crippen molar-refractivity contribution in [3.05, 3.63) is 0 Å². The van der Waals surface area contributed by atoms with Crippen LogP contribution in [-0.2, 0) is 4.79 Å². The van der Waals surface area contributed by atoms with Gasteiger partial charge in [0.25, 0.3) is 0 Å². The number of hydrogen-bond donors (Lipinski definition) is 1. The van der Waals surface area contributed by atoms with Crippen LogP contribution in [-0.4, -0.2) is 36.5 Å². The van der Waals surface area contributed by atoms with E-state index in [1.807, 2.05) is 7.05 Å². The summed E-state index contributed by atoms with van der Waals surface area (Å²) in [6.45, 7) is 7.47. The van der Waals surface area contributed by atoms with Crippen molar-refractivity contribution in [1.82, 2.24) is 10.2 Å². The number of nitrogens with one attached hydrogen (secondary N) is 1. The number of likely N-dealkylation sites (N-methyl/N-ethyl adjacent to an activating group) is 1. The Morgan fingerprint density at radius 1 is 1.57 bits per heavy atom. The van der Waals surface area contributed by atoms with Crippen molar-refractivity contribution in [3.8, 4) is 0 Å². The van der Waals surface area contributed by atoms with E-state index in [1.165, 1.54) is 0 Å². The highest BCUT2D eigenvalue weighted by Gasteiger charge is 2.30. The number of rotatable bonds is 4. The van der Waals surface area contributed by atoms with E-state index in [4.69, 9.17) is 0 Å². The Morgan fingerprint density at radius 2 is 2.21 bits per heavy atom. The highest BCUT2D eigenvalue weighted by atomic mass is 16.2. The predicted octanol–water partition coefficient (Wildman–Crippen LogP) is 1.24. The lowest BCUT2D eigenvalue weighted by Crippen LogP contribution is -2.44. The lowest BCUT2D eigenvalue weighted by molar-refractivity contribution is -0.128. The molecule has 0 spiro atoms. The molecule has 0 aliphatic carbocycles. The smallest absolute Gasteiger partial charge is 0.239 e. The second kappa shape index (κ2) is 4.78. The number of nitrogens with zero attached hydrogens (tertiary/aromatic N) is 1. The minimum Gasteiger partial charge on any atom is -0.344 e. The molecular weight excluding hydrogens is 176 g/mol. The number of carbonyl (C=O) groups is 1. The maximum Gasteiger partial charge on any atom is 0.239 e. The Balaban J connectivity index is 2.41. The molecule has 3 heteroatoms. The van der Waals surface area contributed by atoms with Crippen LogP contribution in [0.4, 0.5) is 0 Å². The SMILES string of the molecule is CCC(C)C(C)NC1CCN(C)C1=O. The van der Waals surface area contributed by atoms with Gasteiger partial charge < -0.3 is 10.2 Å². The summed E-state index contributed by atoms with van der Waals surface area (Å²) in [6, 6.07) is 0.490. The Morgan fingerprint density at radius 3 is 2.64 bits per heavy atom. The first-order valence-corrected chi connectivity index (χ1v) is 5.57. The molecule has 0 aromatic rings. The zero-order valence-corrected chi connectivity index (χ0v) is 9.71. The normalized spacial score (nSPS) is 26.7. The lowest BCUT2D eigenvalue weighted by Gasteiger charge is -2.23. The van der Waals surface area contributed by atoms with Crippen LogP contribution >= 0.6 is 0 Å². The third-order valence-electron chi connectivity index (χ3n) is 3.39. The minimum atomic E-state index is 0.0593. The van der Waals surface area contributed by atoms with Crippen LogP contribution in [0.5, 0.6) is 0 Å². The van der Waals surface area contributed by atoms with Crippen molar-refractivity contribution in [2.24, 2.45) is 5.92 Å². The summed E-state index contributed by atoms with van der Waals surface area (Å²) in [5.74, 6) is 0.883. The van der Waals surface area contributed by atoms with Gasteiger partial charge in [0.15, 0.2) is 0 Å². The molecule has 3 unspecified atom stereocenters. The average molecular weight is 198 g/mol. The predicted molar refractivity (Wildman–Crippen MR) is 58.1 cm³/mol. The van der Waals surface area contributed by atoms with Gasteiger partial charge in [-0.3, -0.25) is 4.79 Å². The highest BCUT2D eigenvalue weighted by Crippen LogP contribution is 2.13. The van der Waals surface area contributed by atoms with E-state index in [1.54, 1.807) is 4.90 Å². The Hall–Kier alpha value is -0.570. The second-order valence-electron chi connectivity index (χ2n) is 4.44. The molecule has 14 heavy (non-hydrogen) atoms. The van der Waals surface area contributed by atoms with Gasteiger partial charge in [-0.2, -0.15) is 0 Å². The van der Waals surface area contributed by atoms with E-state index in [0.717, 1.165) is 19.4 Å². The third kappa shape index (κ3) is 2.47. The summed E-state index contributed by atoms with van der Waals surface area (Å²) in [7, 11) is 1.87. The van der Waals surface area contributed by atoms with Crippen molar-refractivity contribution in [3.63, 3.8) is 0 Å². The molecule has 1 aliphatic rings. The first kappa shape index (κ1) is 11.5. The van der Waals surface area contributed by atoms with Crippen LogP contribution in [0.1, 0.15) is 33.6 Å². The van der Waals surface area contributed by atoms with Crippen LogP contribution in [0.3, 0.4) is 0 Å². The lowest BCUT2D eigenvalue weighted by atomic mass is 10.00. The van der Waals surface area contributed by atoms with E-state index < -0.39 is 0 Å². The van der Waals surface area contributed by atoms with Gasteiger partial charge in [-0.25, -0.2) is 0 Å². The zero-order valence-electron chi connectivity index (χ0n) is 9.71. The molecule has 82 valence electrons. The highest BCUT2D eigenvalue weighted by molar-refractivity contribution is 5.83.